The average Bonchev–Trinajstić information content (AvgIpc) is 2.83. The molecule has 5 heteroatoms. The van der Waals surface area contributed by atoms with Gasteiger partial charge in [-0.25, -0.2) is 0 Å². The Balaban J connectivity index is 2.12. The van der Waals surface area contributed by atoms with Crippen molar-refractivity contribution in [1.82, 2.24) is 5.16 Å². The van der Waals surface area contributed by atoms with Crippen LogP contribution in [0.5, 0.6) is 5.75 Å². The van der Waals surface area contributed by atoms with Crippen molar-refractivity contribution in [3.05, 3.63) is 42.3 Å². The Kier molecular flexibility index (Phi) is 2.86. The van der Waals surface area contributed by atoms with Crippen LogP contribution in [0.15, 0.2) is 41.2 Å². The fourth-order valence-electron chi connectivity index (χ4n) is 1.22. The molecule has 0 aliphatic heterocycles. The third kappa shape index (κ3) is 2.20. The molecule has 0 saturated heterocycles. The van der Waals surface area contributed by atoms with Crippen LogP contribution >= 0.6 is 0 Å². The third-order valence-electron chi connectivity index (χ3n) is 2.02. The number of methoxy groups -OCH3 is 1. The first-order valence-electron chi connectivity index (χ1n) is 4.64. The fraction of sp³-hybridized carbons (Fsp3) is 0.0909. The zero-order valence-corrected chi connectivity index (χ0v) is 8.64. The molecule has 1 N–H and O–H groups in total. The van der Waals surface area contributed by atoms with Crippen molar-refractivity contribution in [2.45, 2.75) is 0 Å². The van der Waals surface area contributed by atoms with E-state index in [-0.39, 0.29) is 5.91 Å². The molecule has 0 atom stereocenters. The lowest BCUT2D eigenvalue weighted by atomic mass is 10.2. The molecule has 1 amide bonds. The van der Waals surface area contributed by atoms with E-state index in [0.717, 1.165) is 0 Å². The van der Waals surface area contributed by atoms with Gasteiger partial charge in [-0.1, -0.05) is 11.2 Å². The minimum atomic E-state index is -0.269. The van der Waals surface area contributed by atoms with Crippen LogP contribution in [0.25, 0.3) is 0 Å². The first-order valence-corrected chi connectivity index (χ1v) is 4.64. The number of nitrogens with one attached hydrogen (secondary N) is 1. The summed E-state index contributed by atoms with van der Waals surface area (Å²) in [5, 5.41) is 6.16. The Labute approximate surface area is 92.0 Å². The first-order chi connectivity index (χ1) is 7.79. The summed E-state index contributed by atoms with van der Waals surface area (Å²) in [4.78, 5) is 11.6. The zero-order chi connectivity index (χ0) is 11.4. The van der Waals surface area contributed by atoms with Crippen LogP contribution in [0.1, 0.15) is 10.4 Å². The first kappa shape index (κ1) is 10.2. The van der Waals surface area contributed by atoms with Gasteiger partial charge in [0.15, 0.2) is 0 Å². The van der Waals surface area contributed by atoms with E-state index in [1.165, 1.54) is 12.5 Å². The number of anilines is 1. The van der Waals surface area contributed by atoms with Gasteiger partial charge >= 0.3 is 0 Å². The van der Waals surface area contributed by atoms with Crippen molar-refractivity contribution in [3.8, 4) is 5.75 Å². The van der Waals surface area contributed by atoms with E-state index in [1.807, 2.05) is 0 Å². The number of rotatable bonds is 3. The quantitative estimate of drug-likeness (QED) is 0.854. The second-order valence-electron chi connectivity index (χ2n) is 3.10. The normalized spacial score (nSPS) is 9.81. The van der Waals surface area contributed by atoms with Crippen molar-refractivity contribution >= 4 is 11.6 Å². The largest absolute Gasteiger partial charge is 0.497 e. The highest BCUT2D eigenvalue weighted by atomic mass is 16.5. The summed E-state index contributed by atoms with van der Waals surface area (Å²) in [6, 6.07) is 7.09. The van der Waals surface area contributed by atoms with Crippen LogP contribution in [0.2, 0.25) is 0 Å². The van der Waals surface area contributed by atoms with Crippen molar-refractivity contribution in [2.24, 2.45) is 0 Å². The summed E-state index contributed by atoms with van der Waals surface area (Å²) in [6.45, 7) is 0. The smallest absolute Gasteiger partial charge is 0.260 e. The molecule has 1 aromatic carbocycles. The molecule has 0 spiro atoms. The Morgan fingerprint density at radius 2 is 2.38 bits per heavy atom. The molecule has 0 aliphatic carbocycles. The number of carbonyl (C=O) groups excluding carboxylic acids is 1. The highest BCUT2D eigenvalue weighted by molar-refractivity contribution is 6.03. The maximum absolute atomic E-state index is 11.6. The summed E-state index contributed by atoms with van der Waals surface area (Å²) in [5.74, 6) is 0.414. The van der Waals surface area contributed by atoms with Gasteiger partial charge in [0.2, 0.25) is 0 Å². The van der Waals surface area contributed by atoms with Gasteiger partial charge in [-0.05, 0) is 12.1 Å². The van der Waals surface area contributed by atoms with Crippen molar-refractivity contribution < 1.29 is 14.1 Å². The van der Waals surface area contributed by atoms with E-state index in [4.69, 9.17) is 4.74 Å². The van der Waals surface area contributed by atoms with E-state index in [1.54, 1.807) is 31.4 Å². The van der Waals surface area contributed by atoms with Crippen LogP contribution in [-0.4, -0.2) is 18.2 Å². The molecular formula is C11H10N2O3. The molecule has 0 fully saturated rings. The lowest BCUT2D eigenvalue weighted by Gasteiger charge is -2.05. The molecule has 0 aliphatic rings. The highest BCUT2D eigenvalue weighted by Gasteiger charge is 2.08. The standard InChI is InChI=1S/C11H10N2O3/c1-15-10-4-2-3-9(5-10)13-11(14)8-6-12-16-7-8/h2-7H,1H3,(H,13,14). The summed E-state index contributed by atoms with van der Waals surface area (Å²) in [6.07, 6.45) is 2.64. The van der Waals surface area contributed by atoms with E-state index < -0.39 is 0 Å². The second-order valence-corrected chi connectivity index (χ2v) is 3.10. The van der Waals surface area contributed by atoms with Gasteiger partial charge in [0.1, 0.15) is 12.0 Å². The number of hydrogen-bond donors (Lipinski definition) is 1. The Bertz CT molecular complexity index is 480. The van der Waals surface area contributed by atoms with Gasteiger partial charge in [-0.3, -0.25) is 4.79 Å². The van der Waals surface area contributed by atoms with Crippen LogP contribution < -0.4 is 10.1 Å². The van der Waals surface area contributed by atoms with Gasteiger partial charge in [-0.2, -0.15) is 0 Å². The molecule has 0 unspecified atom stereocenters. The second kappa shape index (κ2) is 4.48. The van der Waals surface area contributed by atoms with E-state index in [9.17, 15) is 4.79 Å². The summed E-state index contributed by atoms with van der Waals surface area (Å²) >= 11 is 0. The van der Waals surface area contributed by atoms with Crippen LogP contribution in [-0.2, 0) is 0 Å². The number of ether oxygens (including phenoxy) is 1. The van der Waals surface area contributed by atoms with Gasteiger partial charge in [0.25, 0.3) is 5.91 Å². The average molecular weight is 218 g/mol. The van der Waals surface area contributed by atoms with Crippen LogP contribution in [0, 0.1) is 0 Å². The zero-order valence-electron chi connectivity index (χ0n) is 8.64. The van der Waals surface area contributed by atoms with Crippen LogP contribution in [0.4, 0.5) is 5.69 Å². The Hall–Kier alpha value is -2.30. The molecule has 82 valence electrons. The van der Waals surface area contributed by atoms with Crippen molar-refractivity contribution in [1.29, 1.82) is 0 Å². The van der Waals surface area contributed by atoms with Gasteiger partial charge in [-0.15, -0.1) is 0 Å². The van der Waals surface area contributed by atoms with E-state index in [0.29, 0.717) is 17.0 Å². The molecule has 2 rings (SSSR count). The lowest BCUT2D eigenvalue weighted by molar-refractivity contribution is 0.102. The fourth-order valence-corrected chi connectivity index (χ4v) is 1.22. The highest BCUT2D eigenvalue weighted by Crippen LogP contribution is 2.17. The minimum Gasteiger partial charge on any atom is -0.497 e. The number of aromatic nitrogens is 1. The predicted octanol–water partition coefficient (Wildman–Crippen LogP) is 1.94. The van der Waals surface area contributed by atoms with Gasteiger partial charge in [0.05, 0.1) is 18.9 Å². The number of nitrogens with zero attached hydrogens (tertiary/aromatic N) is 1. The third-order valence-corrected chi connectivity index (χ3v) is 2.02. The number of hydrogen-bond acceptors (Lipinski definition) is 4. The predicted molar refractivity (Wildman–Crippen MR) is 57.5 cm³/mol. The molecule has 0 bridgehead atoms. The molecule has 1 aromatic heterocycles. The number of carbonyl (C=O) groups is 1. The maximum Gasteiger partial charge on any atom is 0.260 e. The molecular weight excluding hydrogens is 208 g/mol. The maximum atomic E-state index is 11.6. The SMILES string of the molecule is COc1cccc(NC(=O)c2cnoc2)c1. The van der Waals surface area contributed by atoms with E-state index >= 15 is 0 Å². The lowest BCUT2D eigenvalue weighted by Crippen LogP contribution is -2.10. The van der Waals surface area contributed by atoms with Crippen LogP contribution in [0.3, 0.4) is 0 Å². The molecule has 2 aromatic rings. The molecule has 16 heavy (non-hydrogen) atoms. The molecule has 5 nitrogen and oxygen atoms in total. The van der Waals surface area contributed by atoms with Crippen molar-refractivity contribution in [3.63, 3.8) is 0 Å². The molecule has 0 radical (unpaired) electrons. The Morgan fingerprint density at radius 3 is 3.06 bits per heavy atom. The van der Waals surface area contributed by atoms with Crippen molar-refractivity contribution in [2.75, 3.05) is 12.4 Å². The van der Waals surface area contributed by atoms with E-state index in [2.05, 4.69) is 15.0 Å². The molecule has 1 heterocycles. The number of amides is 1. The summed E-state index contributed by atoms with van der Waals surface area (Å²) in [5.41, 5.74) is 1.04. The monoisotopic (exact) mass is 218 g/mol. The summed E-state index contributed by atoms with van der Waals surface area (Å²) in [7, 11) is 1.57. The molecule has 0 saturated carbocycles. The topological polar surface area (TPSA) is 64.4 Å². The Morgan fingerprint density at radius 1 is 1.50 bits per heavy atom. The van der Waals surface area contributed by atoms with Gasteiger partial charge in [0, 0.05) is 11.8 Å². The van der Waals surface area contributed by atoms with Gasteiger partial charge < -0.3 is 14.6 Å². The summed E-state index contributed by atoms with van der Waals surface area (Å²) < 4.78 is 9.63. The number of benzene rings is 1. The minimum absolute atomic E-state index is 0.269.